The third-order valence-corrected chi connectivity index (χ3v) is 3.44. The molecule has 96 valence electrons. The Kier molecular flexibility index (Phi) is 6.11. The van der Waals surface area contributed by atoms with Crippen LogP contribution < -0.4 is 10.2 Å². The van der Waals surface area contributed by atoms with E-state index in [-0.39, 0.29) is 0 Å². The number of anilines is 2. The Morgan fingerprint density at radius 2 is 2.18 bits per heavy atom. The summed E-state index contributed by atoms with van der Waals surface area (Å²) in [6.07, 6.45) is 6.84. The van der Waals surface area contributed by atoms with E-state index >= 15 is 0 Å². The molecule has 0 fully saturated rings. The van der Waals surface area contributed by atoms with Crippen LogP contribution in [0.4, 0.5) is 11.6 Å². The summed E-state index contributed by atoms with van der Waals surface area (Å²) in [5.41, 5.74) is 0. The van der Waals surface area contributed by atoms with Gasteiger partial charge in [0.1, 0.15) is 11.6 Å². The van der Waals surface area contributed by atoms with E-state index in [0.717, 1.165) is 30.4 Å². The van der Waals surface area contributed by atoms with Crippen molar-refractivity contribution in [3.05, 3.63) is 12.4 Å². The summed E-state index contributed by atoms with van der Waals surface area (Å²) in [4.78, 5) is 11.0. The molecule has 1 rings (SSSR count). The van der Waals surface area contributed by atoms with E-state index in [1.165, 1.54) is 0 Å². The molecule has 0 amide bonds. The lowest BCUT2D eigenvalue weighted by Crippen LogP contribution is -2.33. The molecule has 0 aliphatic carbocycles. The minimum absolute atomic E-state index is 0.510. The lowest BCUT2D eigenvalue weighted by atomic mass is 10.2. The molecule has 1 aromatic rings. The first-order chi connectivity index (χ1) is 8.22. The molecule has 1 aromatic heterocycles. The molecule has 0 aliphatic rings. The average molecular weight is 254 g/mol. The highest BCUT2D eigenvalue weighted by molar-refractivity contribution is 7.98. The number of nitrogens with one attached hydrogen (secondary N) is 1. The van der Waals surface area contributed by atoms with E-state index in [2.05, 4.69) is 47.3 Å². The van der Waals surface area contributed by atoms with Gasteiger partial charge in [0, 0.05) is 25.4 Å². The van der Waals surface area contributed by atoms with Crippen LogP contribution in [-0.2, 0) is 0 Å². The van der Waals surface area contributed by atoms with Crippen molar-refractivity contribution in [1.29, 1.82) is 0 Å². The average Bonchev–Trinajstić information content (AvgIpc) is 2.36. The maximum Gasteiger partial charge on any atom is 0.149 e. The molecule has 0 saturated carbocycles. The first-order valence-electron chi connectivity index (χ1n) is 6.00. The molecule has 1 N–H and O–H groups in total. The van der Waals surface area contributed by atoms with E-state index in [9.17, 15) is 0 Å². The van der Waals surface area contributed by atoms with Gasteiger partial charge in [-0.25, -0.2) is 4.98 Å². The summed E-state index contributed by atoms with van der Waals surface area (Å²) >= 11 is 1.87. The Bertz CT molecular complexity index is 332. The molecule has 0 bridgehead atoms. The van der Waals surface area contributed by atoms with Gasteiger partial charge in [-0.15, -0.1) is 0 Å². The molecule has 4 nitrogen and oxygen atoms in total. The van der Waals surface area contributed by atoms with Gasteiger partial charge >= 0.3 is 0 Å². The highest BCUT2D eigenvalue weighted by atomic mass is 32.2. The van der Waals surface area contributed by atoms with Crippen LogP contribution in [0, 0.1) is 0 Å². The van der Waals surface area contributed by atoms with Gasteiger partial charge in [-0.05, 0) is 19.6 Å². The lowest BCUT2D eigenvalue weighted by molar-refractivity contribution is 0.665. The van der Waals surface area contributed by atoms with Crippen LogP contribution in [0.15, 0.2) is 12.4 Å². The van der Waals surface area contributed by atoms with Gasteiger partial charge in [-0.1, -0.05) is 6.92 Å². The van der Waals surface area contributed by atoms with Crippen LogP contribution in [0.1, 0.15) is 20.3 Å². The largest absolute Gasteiger partial charge is 0.369 e. The van der Waals surface area contributed by atoms with Crippen molar-refractivity contribution in [2.24, 2.45) is 0 Å². The monoisotopic (exact) mass is 254 g/mol. The fourth-order valence-corrected chi connectivity index (χ4v) is 2.52. The van der Waals surface area contributed by atoms with Crippen molar-refractivity contribution in [2.75, 3.05) is 35.8 Å². The zero-order chi connectivity index (χ0) is 12.7. The molecule has 1 heterocycles. The van der Waals surface area contributed by atoms with E-state index in [4.69, 9.17) is 0 Å². The molecule has 0 aromatic carbocycles. The molecular weight excluding hydrogens is 232 g/mol. The maximum absolute atomic E-state index is 4.56. The minimum atomic E-state index is 0.510. The normalized spacial score (nSPS) is 12.2. The van der Waals surface area contributed by atoms with Gasteiger partial charge in [0.25, 0.3) is 0 Å². The van der Waals surface area contributed by atoms with Crippen LogP contribution in [0.2, 0.25) is 0 Å². The van der Waals surface area contributed by atoms with Gasteiger partial charge in [-0.3, -0.25) is 4.98 Å². The number of thioether (sulfide) groups is 1. The van der Waals surface area contributed by atoms with Crippen molar-refractivity contribution < 1.29 is 0 Å². The summed E-state index contributed by atoms with van der Waals surface area (Å²) in [6.45, 7) is 5.13. The van der Waals surface area contributed by atoms with Gasteiger partial charge in [-0.2, -0.15) is 11.8 Å². The Morgan fingerprint density at radius 1 is 1.41 bits per heavy atom. The van der Waals surface area contributed by atoms with Crippen molar-refractivity contribution in [2.45, 2.75) is 26.3 Å². The van der Waals surface area contributed by atoms with Crippen molar-refractivity contribution in [3.63, 3.8) is 0 Å². The predicted octanol–water partition coefficient (Wildman–Crippen LogP) is 2.49. The van der Waals surface area contributed by atoms with Crippen LogP contribution in [0.25, 0.3) is 0 Å². The number of rotatable bonds is 7. The highest BCUT2D eigenvalue weighted by Gasteiger charge is 2.14. The number of hydrogen-bond donors (Lipinski definition) is 1. The van der Waals surface area contributed by atoms with E-state index in [1.54, 1.807) is 6.20 Å². The lowest BCUT2D eigenvalue weighted by Gasteiger charge is -2.27. The molecule has 0 aliphatic heterocycles. The van der Waals surface area contributed by atoms with Gasteiger partial charge < -0.3 is 10.2 Å². The van der Waals surface area contributed by atoms with Crippen LogP contribution in [-0.4, -0.2) is 41.6 Å². The summed E-state index contributed by atoms with van der Waals surface area (Å²) in [7, 11) is 2.09. The van der Waals surface area contributed by atoms with Gasteiger partial charge in [0.2, 0.25) is 0 Å². The second-order valence-corrected chi connectivity index (χ2v) is 4.83. The maximum atomic E-state index is 4.56. The molecule has 0 radical (unpaired) electrons. The van der Waals surface area contributed by atoms with Gasteiger partial charge in [0.05, 0.1) is 12.4 Å². The SMILES string of the molecule is CCNc1cncc(N(C)C(CC)CSC)n1. The zero-order valence-electron chi connectivity index (χ0n) is 11.1. The highest BCUT2D eigenvalue weighted by Crippen LogP contribution is 2.17. The molecule has 1 unspecified atom stereocenters. The number of nitrogens with zero attached hydrogens (tertiary/aromatic N) is 3. The third kappa shape index (κ3) is 4.07. The number of hydrogen-bond acceptors (Lipinski definition) is 5. The summed E-state index contributed by atoms with van der Waals surface area (Å²) < 4.78 is 0. The fraction of sp³-hybridized carbons (Fsp3) is 0.667. The Hall–Kier alpha value is -0.970. The van der Waals surface area contributed by atoms with Crippen LogP contribution >= 0.6 is 11.8 Å². The quantitative estimate of drug-likeness (QED) is 0.809. The molecule has 1 atom stereocenters. The second-order valence-electron chi connectivity index (χ2n) is 3.92. The third-order valence-electron chi connectivity index (χ3n) is 2.72. The van der Waals surface area contributed by atoms with E-state index in [1.807, 2.05) is 18.0 Å². The predicted molar refractivity (Wildman–Crippen MR) is 77.1 cm³/mol. The molecule has 0 spiro atoms. The van der Waals surface area contributed by atoms with Crippen LogP contribution in [0.3, 0.4) is 0 Å². The summed E-state index contributed by atoms with van der Waals surface area (Å²) in [6, 6.07) is 0.510. The summed E-state index contributed by atoms with van der Waals surface area (Å²) in [5, 5.41) is 3.19. The van der Waals surface area contributed by atoms with E-state index in [0.29, 0.717) is 6.04 Å². The molecule has 0 saturated heterocycles. The van der Waals surface area contributed by atoms with Crippen LogP contribution in [0.5, 0.6) is 0 Å². The number of aromatic nitrogens is 2. The minimum Gasteiger partial charge on any atom is -0.369 e. The first-order valence-corrected chi connectivity index (χ1v) is 7.40. The fourth-order valence-electron chi connectivity index (χ4n) is 1.67. The van der Waals surface area contributed by atoms with E-state index < -0.39 is 0 Å². The van der Waals surface area contributed by atoms with Gasteiger partial charge in [0.15, 0.2) is 0 Å². The first kappa shape index (κ1) is 14.1. The molecule has 5 heteroatoms. The van der Waals surface area contributed by atoms with Crippen molar-refractivity contribution in [1.82, 2.24) is 9.97 Å². The van der Waals surface area contributed by atoms with Crippen molar-refractivity contribution in [3.8, 4) is 0 Å². The summed E-state index contributed by atoms with van der Waals surface area (Å²) in [5.74, 6) is 2.89. The Balaban J connectivity index is 2.79. The molecular formula is C12H22N4S. The van der Waals surface area contributed by atoms with Crippen molar-refractivity contribution >= 4 is 23.4 Å². The smallest absolute Gasteiger partial charge is 0.149 e. The second kappa shape index (κ2) is 7.37. The standard InChI is InChI=1S/C12H22N4S/c1-5-10(9-17-4)16(3)12-8-13-7-11(15-12)14-6-2/h7-8,10H,5-6,9H2,1-4H3,(H,14,15). The Morgan fingerprint density at radius 3 is 2.76 bits per heavy atom. The molecule has 17 heavy (non-hydrogen) atoms. The topological polar surface area (TPSA) is 41.1 Å². The Labute approximate surface area is 108 Å². The zero-order valence-corrected chi connectivity index (χ0v) is 11.9.